The molecule has 0 saturated carbocycles. The van der Waals surface area contributed by atoms with Crippen molar-refractivity contribution in [1.29, 1.82) is 0 Å². The number of phenolic OH excluding ortho intramolecular Hbond substituents is 1. The largest absolute Gasteiger partial charge is 0.506 e. The number of carbonyl (C=O) groups is 2. The number of para-hydroxylation sites is 2. The predicted octanol–water partition coefficient (Wildman–Crippen LogP) is 2.40. The van der Waals surface area contributed by atoms with Crippen LogP contribution in [-0.4, -0.2) is 54.5 Å². The number of anilines is 2. The molecule has 0 aliphatic carbocycles. The Hall–Kier alpha value is -3.02. The Morgan fingerprint density at radius 2 is 1.68 bits per heavy atom. The summed E-state index contributed by atoms with van der Waals surface area (Å²) in [7, 11) is 0. The lowest BCUT2D eigenvalue weighted by Gasteiger charge is -2.37. The molecular formula is C22H25N3O3. The Balaban J connectivity index is 1.37. The fourth-order valence-electron chi connectivity index (χ4n) is 4.00. The van der Waals surface area contributed by atoms with E-state index in [4.69, 9.17) is 0 Å². The summed E-state index contributed by atoms with van der Waals surface area (Å²) in [6.07, 6.45) is 0.270. The van der Waals surface area contributed by atoms with Crippen LogP contribution in [0.15, 0.2) is 48.5 Å². The van der Waals surface area contributed by atoms with Gasteiger partial charge in [-0.3, -0.25) is 9.59 Å². The first-order valence-corrected chi connectivity index (χ1v) is 9.71. The van der Waals surface area contributed by atoms with Crippen LogP contribution >= 0.6 is 0 Å². The summed E-state index contributed by atoms with van der Waals surface area (Å²) in [5, 5.41) is 10.0. The normalized spacial score (nSPS) is 20.0. The molecule has 2 aromatic carbocycles. The molecule has 1 N–H and O–H groups in total. The highest BCUT2D eigenvalue weighted by atomic mass is 16.3. The second-order valence-electron chi connectivity index (χ2n) is 7.54. The number of piperazine rings is 1. The lowest BCUT2D eigenvalue weighted by Crippen LogP contribution is -2.50. The highest BCUT2D eigenvalue weighted by Gasteiger charge is 2.38. The van der Waals surface area contributed by atoms with Crippen LogP contribution in [0.4, 0.5) is 11.4 Å². The molecule has 1 unspecified atom stereocenters. The van der Waals surface area contributed by atoms with Gasteiger partial charge in [-0.1, -0.05) is 29.8 Å². The third-order valence-electron chi connectivity index (χ3n) is 5.63. The molecular weight excluding hydrogens is 354 g/mol. The molecule has 146 valence electrons. The van der Waals surface area contributed by atoms with Gasteiger partial charge in [0, 0.05) is 44.8 Å². The van der Waals surface area contributed by atoms with Crippen LogP contribution < -0.4 is 9.80 Å². The summed E-state index contributed by atoms with van der Waals surface area (Å²) >= 11 is 0. The van der Waals surface area contributed by atoms with Crippen molar-refractivity contribution in [3.05, 3.63) is 54.1 Å². The van der Waals surface area contributed by atoms with Crippen LogP contribution in [0.1, 0.15) is 12.0 Å². The first-order chi connectivity index (χ1) is 13.5. The van der Waals surface area contributed by atoms with Crippen LogP contribution in [0.5, 0.6) is 5.75 Å². The maximum absolute atomic E-state index is 13.0. The maximum atomic E-state index is 13.0. The zero-order chi connectivity index (χ0) is 19.7. The van der Waals surface area contributed by atoms with E-state index in [1.807, 2.05) is 48.2 Å². The molecule has 2 saturated heterocycles. The number of aryl methyl sites for hydroxylation is 1. The molecule has 4 rings (SSSR count). The van der Waals surface area contributed by atoms with Gasteiger partial charge in [-0.25, -0.2) is 0 Å². The Morgan fingerprint density at radius 1 is 1.00 bits per heavy atom. The summed E-state index contributed by atoms with van der Waals surface area (Å²) < 4.78 is 0. The lowest BCUT2D eigenvalue weighted by molar-refractivity contribution is -0.136. The highest BCUT2D eigenvalue weighted by molar-refractivity contribution is 6.00. The summed E-state index contributed by atoms with van der Waals surface area (Å²) in [4.78, 5) is 31.1. The SMILES string of the molecule is Cc1ccc(N2CC(C(=O)N3CCN(c4ccccc4O)CC3)CC2=O)cc1. The zero-order valence-corrected chi connectivity index (χ0v) is 16.0. The third-order valence-corrected chi connectivity index (χ3v) is 5.63. The van der Waals surface area contributed by atoms with Crippen molar-refractivity contribution in [1.82, 2.24) is 4.90 Å². The van der Waals surface area contributed by atoms with E-state index in [1.54, 1.807) is 17.0 Å². The smallest absolute Gasteiger partial charge is 0.228 e. The van der Waals surface area contributed by atoms with E-state index in [0.29, 0.717) is 32.7 Å². The Labute approximate surface area is 165 Å². The molecule has 2 aliphatic rings. The van der Waals surface area contributed by atoms with Gasteiger partial charge in [0.25, 0.3) is 0 Å². The number of hydrogen-bond donors (Lipinski definition) is 1. The van der Waals surface area contributed by atoms with Crippen LogP contribution in [0.25, 0.3) is 0 Å². The molecule has 0 radical (unpaired) electrons. The summed E-state index contributed by atoms with van der Waals surface area (Å²) in [6, 6.07) is 15.1. The van der Waals surface area contributed by atoms with Crippen LogP contribution in [0, 0.1) is 12.8 Å². The van der Waals surface area contributed by atoms with E-state index in [9.17, 15) is 14.7 Å². The second kappa shape index (κ2) is 7.54. The van der Waals surface area contributed by atoms with E-state index in [2.05, 4.69) is 4.90 Å². The van der Waals surface area contributed by atoms with Gasteiger partial charge in [-0.05, 0) is 31.2 Å². The summed E-state index contributed by atoms with van der Waals surface area (Å²) in [6.45, 7) is 5.00. The van der Waals surface area contributed by atoms with Gasteiger partial charge < -0.3 is 19.8 Å². The minimum absolute atomic E-state index is 0.00930. The van der Waals surface area contributed by atoms with Gasteiger partial charge in [0.2, 0.25) is 11.8 Å². The fourth-order valence-corrected chi connectivity index (χ4v) is 4.00. The van der Waals surface area contributed by atoms with Crippen molar-refractivity contribution in [2.24, 2.45) is 5.92 Å². The number of hydrogen-bond acceptors (Lipinski definition) is 4. The number of rotatable bonds is 3. The van der Waals surface area contributed by atoms with Crippen LogP contribution in [0.3, 0.4) is 0 Å². The summed E-state index contributed by atoms with van der Waals surface area (Å²) in [5.41, 5.74) is 2.80. The van der Waals surface area contributed by atoms with E-state index >= 15 is 0 Å². The number of amides is 2. The van der Waals surface area contributed by atoms with Crippen molar-refractivity contribution in [3.8, 4) is 5.75 Å². The molecule has 1 atom stereocenters. The molecule has 2 amide bonds. The molecule has 2 fully saturated rings. The topological polar surface area (TPSA) is 64.1 Å². The summed E-state index contributed by atoms with van der Waals surface area (Å²) in [5.74, 6) is 0.0397. The standard InChI is InChI=1S/C22H25N3O3/c1-16-6-8-18(9-7-16)25-15-17(14-21(25)27)22(28)24-12-10-23(11-13-24)19-4-2-3-5-20(19)26/h2-9,17,26H,10-15H2,1H3. The van der Waals surface area contributed by atoms with Gasteiger partial charge in [-0.2, -0.15) is 0 Å². The Morgan fingerprint density at radius 3 is 2.36 bits per heavy atom. The zero-order valence-electron chi connectivity index (χ0n) is 16.0. The maximum Gasteiger partial charge on any atom is 0.228 e. The lowest BCUT2D eigenvalue weighted by atomic mass is 10.1. The molecule has 2 heterocycles. The van der Waals surface area contributed by atoms with E-state index in [-0.39, 0.29) is 29.9 Å². The molecule has 0 bridgehead atoms. The predicted molar refractivity (Wildman–Crippen MR) is 109 cm³/mol. The van der Waals surface area contributed by atoms with Gasteiger partial charge >= 0.3 is 0 Å². The fraction of sp³-hybridized carbons (Fsp3) is 0.364. The first-order valence-electron chi connectivity index (χ1n) is 9.71. The van der Waals surface area contributed by atoms with Crippen molar-refractivity contribution in [2.45, 2.75) is 13.3 Å². The number of aromatic hydroxyl groups is 1. The minimum Gasteiger partial charge on any atom is -0.506 e. The molecule has 2 aliphatic heterocycles. The van der Waals surface area contributed by atoms with Gasteiger partial charge in [0.15, 0.2) is 0 Å². The molecule has 28 heavy (non-hydrogen) atoms. The van der Waals surface area contributed by atoms with Gasteiger partial charge in [0.05, 0.1) is 11.6 Å². The van der Waals surface area contributed by atoms with Crippen molar-refractivity contribution in [3.63, 3.8) is 0 Å². The Bertz CT molecular complexity index is 873. The second-order valence-corrected chi connectivity index (χ2v) is 7.54. The minimum atomic E-state index is -0.287. The monoisotopic (exact) mass is 379 g/mol. The number of carbonyl (C=O) groups excluding carboxylic acids is 2. The third kappa shape index (κ3) is 3.54. The average Bonchev–Trinajstić information content (AvgIpc) is 3.10. The van der Waals surface area contributed by atoms with Crippen LogP contribution in [0.2, 0.25) is 0 Å². The number of nitrogens with zero attached hydrogens (tertiary/aromatic N) is 3. The van der Waals surface area contributed by atoms with Crippen LogP contribution in [-0.2, 0) is 9.59 Å². The van der Waals surface area contributed by atoms with Crippen molar-refractivity contribution >= 4 is 23.2 Å². The van der Waals surface area contributed by atoms with E-state index in [0.717, 1.165) is 16.9 Å². The van der Waals surface area contributed by atoms with Gasteiger partial charge in [0.1, 0.15) is 5.75 Å². The van der Waals surface area contributed by atoms with Gasteiger partial charge in [-0.15, -0.1) is 0 Å². The highest BCUT2D eigenvalue weighted by Crippen LogP contribution is 2.29. The molecule has 2 aromatic rings. The van der Waals surface area contributed by atoms with Crippen molar-refractivity contribution < 1.29 is 14.7 Å². The molecule has 0 aromatic heterocycles. The van der Waals surface area contributed by atoms with E-state index in [1.165, 1.54) is 0 Å². The number of phenols is 1. The number of benzene rings is 2. The average molecular weight is 379 g/mol. The Kier molecular flexibility index (Phi) is 4.94. The molecule has 6 nitrogen and oxygen atoms in total. The molecule has 0 spiro atoms. The van der Waals surface area contributed by atoms with E-state index < -0.39 is 0 Å². The first kappa shape index (κ1) is 18.3. The molecule has 6 heteroatoms. The quantitative estimate of drug-likeness (QED) is 0.890. The van der Waals surface area contributed by atoms with Crippen molar-refractivity contribution in [2.75, 3.05) is 42.5 Å².